The number of nitrogens with zero attached hydrogens (tertiary/aromatic N) is 2. The molecule has 3 heterocycles. The molecule has 2 aliphatic heterocycles. The Hall–Kier alpha value is -2.74. The van der Waals surface area contributed by atoms with Crippen molar-refractivity contribution in [2.45, 2.75) is 31.9 Å². The van der Waals surface area contributed by atoms with Crippen molar-refractivity contribution in [2.24, 2.45) is 0 Å². The number of rotatable bonds is 5. The molecular weight excluding hydrogens is 362 g/mol. The number of benzene rings is 1. The summed E-state index contributed by atoms with van der Waals surface area (Å²) in [5.41, 5.74) is 1.32. The standard InChI is InChI=1S/C20H25N3O5/c1-13-16(11-23-8-6-20(7-9-23)12-21-19(24)28-20)22-18(27-13)15-10-14(25-2)4-5-17(15)26-3/h4-5,10H,6-9,11-12H2,1-3H3,(H,21,24). The number of methoxy groups -OCH3 is 2. The molecule has 2 fully saturated rings. The second-order valence-electron chi connectivity index (χ2n) is 7.29. The Morgan fingerprint density at radius 3 is 2.68 bits per heavy atom. The number of alkyl carbamates (subject to hydrolysis) is 1. The number of likely N-dealkylation sites (tertiary alicyclic amines) is 1. The van der Waals surface area contributed by atoms with E-state index < -0.39 is 0 Å². The molecule has 0 atom stereocenters. The van der Waals surface area contributed by atoms with Crippen LogP contribution in [-0.4, -0.2) is 55.4 Å². The molecule has 8 heteroatoms. The lowest BCUT2D eigenvalue weighted by atomic mass is 9.91. The molecule has 28 heavy (non-hydrogen) atoms. The summed E-state index contributed by atoms with van der Waals surface area (Å²) in [4.78, 5) is 18.4. The van der Waals surface area contributed by atoms with Gasteiger partial charge in [0.2, 0.25) is 5.89 Å². The molecule has 150 valence electrons. The largest absolute Gasteiger partial charge is 0.497 e. The van der Waals surface area contributed by atoms with Gasteiger partial charge in [-0.15, -0.1) is 0 Å². The molecule has 1 aromatic carbocycles. The molecular formula is C20H25N3O5. The van der Waals surface area contributed by atoms with Gasteiger partial charge < -0.3 is 23.9 Å². The van der Waals surface area contributed by atoms with E-state index in [1.54, 1.807) is 14.2 Å². The molecule has 1 amide bonds. The van der Waals surface area contributed by atoms with Gasteiger partial charge >= 0.3 is 6.09 Å². The van der Waals surface area contributed by atoms with E-state index in [9.17, 15) is 4.79 Å². The lowest BCUT2D eigenvalue weighted by Crippen LogP contribution is -2.46. The number of carbonyl (C=O) groups excluding carboxylic acids is 1. The molecule has 4 rings (SSSR count). The van der Waals surface area contributed by atoms with Gasteiger partial charge in [0.05, 0.1) is 32.0 Å². The molecule has 2 aromatic rings. The van der Waals surface area contributed by atoms with Gasteiger partial charge in [0.15, 0.2) is 0 Å². The van der Waals surface area contributed by atoms with Crippen LogP contribution in [0.25, 0.3) is 11.5 Å². The monoisotopic (exact) mass is 387 g/mol. The van der Waals surface area contributed by atoms with Crippen LogP contribution in [0.5, 0.6) is 11.5 Å². The summed E-state index contributed by atoms with van der Waals surface area (Å²) in [5, 5.41) is 2.77. The number of carbonyl (C=O) groups is 1. The van der Waals surface area contributed by atoms with Gasteiger partial charge in [0, 0.05) is 32.5 Å². The van der Waals surface area contributed by atoms with Crippen molar-refractivity contribution in [1.29, 1.82) is 0 Å². The number of nitrogens with one attached hydrogen (secondary N) is 1. The van der Waals surface area contributed by atoms with E-state index >= 15 is 0 Å². The summed E-state index contributed by atoms with van der Waals surface area (Å²) in [6.07, 6.45) is 1.33. The Morgan fingerprint density at radius 2 is 2.04 bits per heavy atom. The number of hydrogen-bond acceptors (Lipinski definition) is 7. The molecule has 0 saturated carbocycles. The van der Waals surface area contributed by atoms with E-state index in [0.717, 1.165) is 42.9 Å². The average molecular weight is 387 g/mol. The number of aryl methyl sites for hydroxylation is 1. The Labute approximate surface area is 163 Å². The molecule has 1 aromatic heterocycles. The van der Waals surface area contributed by atoms with Gasteiger partial charge in [0.25, 0.3) is 0 Å². The van der Waals surface area contributed by atoms with E-state index in [1.807, 2.05) is 25.1 Å². The Bertz CT molecular complexity index is 871. The first-order valence-electron chi connectivity index (χ1n) is 9.40. The molecule has 1 spiro atoms. The summed E-state index contributed by atoms with van der Waals surface area (Å²) in [7, 11) is 3.24. The number of hydrogen-bond donors (Lipinski definition) is 1. The fraction of sp³-hybridized carbons (Fsp3) is 0.500. The van der Waals surface area contributed by atoms with Gasteiger partial charge in [-0.1, -0.05) is 0 Å². The van der Waals surface area contributed by atoms with Crippen molar-refractivity contribution >= 4 is 6.09 Å². The van der Waals surface area contributed by atoms with Crippen LogP contribution in [-0.2, 0) is 11.3 Å². The van der Waals surface area contributed by atoms with Crippen LogP contribution in [0.2, 0.25) is 0 Å². The second-order valence-corrected chi connectivity index (χ2v) is 7.29. The van der Waals surface area contributed by atoms with Crippen LogP contribution in [0.4, 0.5) is 4.79 Å². The number of amides is 1. The number of aromatic nitrogens is 1. The van der Waals surface area contributed by atoms with Crippen molar-refractivity contribution in [3.63, 3.8) is 0 Å². The van der Waals surface area contributed by atoms with Crippen LogP contribution >= 0.6 is 0 Å². The van der Waals surface area contributed by atoms with Crippen LogP contribution in [0, 0.1) is 6.92 Å². The van der Waals surface area contributed by atoms with E-state index in [2.05, 4.69) is 10.2 Å². The highest BCUT2D eigenvalue weighted by molar-refractivity contribution is 5.70. The Kier molecular flexibility index (Phi) is 4.89. The topological polar surface area (TPSA) is 86.1 Å². The summed E-state index contributed by atoms with van der Waals surface area (Å²) in [5.74, 6) is 2.71. The molecule has 0 unspecified atom stereocenters. The maximum Gasteiger partial charge on any atom is 0.407 e. The summed E-state index contributed by atoms with van der Waals surface area (Å²) >= 11 is 0. The molecule has 2 saturated heterocycles. The van der Waals surface area contributed by atoms with Crippen molar-refractivity contribution in [1.82, 2.24) is 15.2 Å². The fourth-order valence-electron chi connectivity index (χ4n) is 3.78. The van der Waals surface area contributed by atoms with Gasteiger partial charge in [0.1, 0.15) is 22.9 Å². The predicted molar refractivity (Wildman–Crippen MR) is 102 cm³/mol. The maximum atomic E-state index is 11.4. The van der Waals surface area contributed by atoms with Crippen LogP contribution < -0.4 is 14.8 Å². The first kappa shape index (κ1) is 18.6. The van der Waals surface area contributed by atoms with E-state index in [4.69, 9.17) is 23.6 Å². The highest BCUT2D eigenvalue weighted by atomic mass is 16.6. The van der Waals surface area contributed by atoms with Crippen molar-refractivity contribution in [2.75, 3.05) is 33.9 Å². The van der Waals surface area contributed by atoms with E-state index in [0.29, 0.717) is 30.5 Å². The first-order chi connectivity index (χ1) is 13.5. The Morgan fingerprint density at radius 1 is 1.25 bits per heavy atom. The van der Waals surface area contributed by atoms with Crippen LogP contribution in [0.1, 0.15) is 24.3 Å². The molecule has 8 nitrogen and oxygen atoms in total. The van der Waals surface area contributed by atoms with E-state index in [1.165, 1.54) is 0 Å². The number of piperidine rings is 1. The number of oxazole rings is 1. The zero-order valence-electron chi connectivity index (χ0n) is 16.4. The lowest BCUT2D eigenvalue weighted by molar-refractivity contribution is -0.00132. The molecule has 0 bridgehead atoms. The van der Waals surface area contributed by atoms with Crippen LogP contribution in [0.15, 0.2) is 22.6 Å². The zero-order chi connectivity index (χ0) is 19.7. The maximum absolute atomic E-state index is 11.4. The van der Waals surface area contributed by atoms with Gasteiger partial charge in [-0.3, -0.25) is 4.90 Å². The van der Waals surface area contributed by atoms with Gasteiger partial charge in [-0.2, -0.15) is 0 Å². The zero-order valence-corrected chi connectivity index (χ0v) is 16.4. The summed E-state index contributed by atoms with van der Waals surface area (Å²) in [6.45, 7) is 4.91. The third-order valence-electron chi connectivity index (χ3n) is 5.53. The molecule has 0 radical (unpaired) electrons. The predicted octanol–water partition coefficient (Wildman–Crippen LogP) is 2.74. The van der Waals surface area contributed by atoms with Crippen molar-refractivity contribution < 1.29 is 23.4 Å². The molecule has 0 aliphatic carbocycles. The third-order valence-corrected chi connectivity index (χ3v) is 5.53. The Balaban J connectivity index is 1.48. The smallest absolute Gasteiger partial charge is 0.407 e. The first-order valence-corrected chi connectivity index (χ1v) is 9.40. The molecule has 2 aliphatic rings. The van der Waals surface area contributed by atoms with Gasteiger partial charge in [-0.05, 0) is 25.1 Å². The second kappa shape index (κ2) is 7.35. The highest BCUT2D eigenvalue weighted by Gasteiger charge is 2.42. The normalized spacial score (nSPS) is 18.8. The summed E-state index contributed by atoms with van der Waals surface area (Å²) < 4.78 is 22.2. The van der Waals surface area contributed by atoms with Crippen LogP contribution in [0.3, 0.4) is 0 Å². The fourth-order valence-corrected chi connectivity index (χ4v) is 3.78. The average Bonchev–Trinajstić information content (AvgIpc) is 3.26. The minimum atomic E-state index is -0.342. The molecule has 1 N–H and O–H groups in total. The van der Waals surface area contributed by atoms with Gasteiger partial charge in [-0.25, -0.2) is 9.78 Å². The minimum Gasteiger partial charge on any atom is -0.497 e. The highest BCUT2D eigenvalue weighted by Crippen LogP contribution is 2.35. The third kappa shape index (κ3) is 3.52. The van der Waals surface area contributed by atoms with Crippen molar-refractivity contribution in [3.8, 4) is 23.0 Å². The quantitative estimate of drug-likeness (QED) is 0.844. The van der Waals surface area contributed by atoms with E-state index in [-0.39, 0.29) is 11.7 Å². The lowest BCUT2D eigenvalue weighted by Gasteiger charge is -2.36. The minimum absolute atomic E-state index is 0.308. The summed E-state index contributed by atoms with van der Waals surface area (Å²) in [6, 6.07) is 5.54. The SMILES string of the molecule is COc1ccc(OC)c(-c2nc(CN3CCC4(CC3)CNC(=O)O4)c(C)o2)c1. The van der Waals surface area contributed by atoms with Crippen molar-refractivity contribution in [3.05, 3.63) is 29.7 Å². The number of ether oxygens (including phenoxy) is 3.